The summed E-state index contributed by atoms with van der Waals surface area (Å²) >= 11 is 3.52. The Hall–Kier alpha value is -1.07. The lowest BCUT2D eigenvalue weighted by molar-refractivity contribution is 0.156. The van der Waals surface area contributed by atoms with E-state index in [-0.39, 0.29) is 5.41 Å². The summed E-state index contributed by atoms with van der Waals surface area (Å²) < 4.78 is 6.23. The van der Waals surface area contributed by atoms with E-state index in [9.17, 15) is 0 Å². The van der Waals surface area contributed by atoms with Gasteiger partial charge in [0.2, 0.25) is 0 Å². The highest BCUT2D eigenvalue weighted by Gasteiger charge is 2.32. The summed E-state index contributed by atoms with van der Waals surface area (Å²) in [5.74, 6) is 1.18. The van der Waals surface area contributed by atoms with Crippen LogP contribution >= 0.6 is 15.9 Å². The van der Waals surface area contributed by atoms with Crippen LogP contribution in [0.1, 0.15) is 25.3 Å². The second-order valence-corrected chi connectivity index (χ2v) is 6.57. The van der Waals surface area contributed by atoms with Gasteiger partial charge in [-0.1, -0.05) is 13.0 Å². The van der Waals surface area contributed by atoms with E-state index in [1.165, 1.54) is 5.56 Å². The number of rotatable bonds is 4. The van der Waals surface area contributed by atoms with Gasteiger partial charge in [0.15, 0.2) is 0 Å². The molecule has 1 fully saturated rings. The van der Waals surface area contributed by atoms with Crippen LogP contribution in [-0.4, -0.2) is 30.9 Å². The number of halogens is 1. The zero-order valence-electron chi connectivity index (χ0n) is 12.1. The van der Waals surface area contributed by atoms with E-state index >= 15 is 0 Å². The first kappa shape index (κ1) is 15.3. The van der Waals surface area contributed by atoms with E-state index in [0.29, 0.717) is 5.84 Å². The molecule has 3 N–H and O–H groups in total. The van der Waals surface area contributed by atoms with Crippen LogP contribution in [0.2, 0.25) is 0 Å². The van der Waals surface area contributed by atoms with Crippen LogP contribution in [0.3, 0.4) is 0 Å². The molecule has 0 unspecified atom stereocenters. The number of piperidine rings is 1. The summed E-state index contributed by atoms with van der Waals surface area (Å²) in [5.41, 5.74) is 6.85. The number of hydrogen-bond donors (Lipinski definition) is 2. The second kappa shape index (κ2) is 6.14. The van der Waals surface area contributed by atoms with Gasteiger partial charge in [0.1, 0.15) is 5.75 Å². The molecule has 0 atom stereocenters. The van der Waals surface area contributed by atoms with Crippen molar-refractivity contribution in [2.75, 3.05) is 20.2 Å². The van der Waals surface area contributed by atoms with Gasteiger partial charge in [0.25, 0.3) is 0 Å². The minimum atomic E-state index is -0.114. The molecule has 20 heavy (non-hydrogen) atoms. The van der Waals surface area contributed by atoms with E-state index in [1.54, 1.807) is 7.11 Å². The third kappa shape index (κ3) is 3.33. The molecule has 1 heterocycles. The minimum Gasteiger partial charge on any atom is -0.496 e. The lowest BCUT2D eigenvalue weighted by atomic mass is 9.79. The maximum absolute atomic E-state index is 7.68. The van der Waals surface area contributed by atoms with Gasteiger partial charge < -0.3 is 10.5 Å². The molecule has 110 valence electrons. The summed E-state index contributed by atoms with van der Waals surface area (Å²) in [6.07, 6.45) is 1.92. The Kier molecular flexibility index (Phi) is 4.70. The van der Waals surface area contributed by atoms with E-state index < -0.39 is 0 Å². The van der Waals surface area contributed by atoms with Gasteiger partial charge in [-0.05, 0) is 59.6 Å². The molecule has 5 heteroatoms. The Bertz CT molecular complexity index is 496. The van der Waals surface area contributed by atoms with E-state index in [4.69, 9.17) is 15.9 Å². The first-order chi connectivity index (χ1) is 9.44. The van der Waals surface area contributed by atoms with Crippen molar-refractivity contribution in [3.05, 3.63) is 28.2 Å². The number of hydrogen-bond acceptors (Lipinski definition) is 3. The van der Waals surface area contributed by atoms with Crippen LogP contribution in [0.25, 0.3) is 0 Å². The fourth-order valence-corrected chi connectivity index (χ4v) is 3.13. The summed E-state index contributed by atoms with van der Waals surface area (Å²) in [4.78, 5) is 2.42. The zero-order chi connectivity index (χ0) is 14.8. The molecule has 0 bridgehead atoms. The highest BCUT2D eigenvalue weighted by atomic mass is 79.9. The smallest absolute Gasteiger partial charge is 0.133 e. The highest BCUT2D eigenvalue weighted by Crippen LogP contribution is 2.32. The number of nitrogens with zero attached hydrogens (tertiary/aromatic N) is 1. The zero-order valence-corrected chi connectivity index (χ0v) is 13.7. The van der Waals surface area contributed by atoms with Gasteiger partial charge in [-0.15, -0.1) is 0 Å². The highest BCUT2D eigenvalue weighted by molar-refractivity contribution is 9.10. The molecule has 1 saturated heterocycles. The molecule has 0 aliphatic carbocycles. The van der Waals surface area contributed by atoms with Crippen molar-refractivity contribution in [3.63, 3.8) is 0 Å². The van der Waals surface area contributed by atoms with Gasteiger partial charge in [-0.3, -0.25) is 10.3 Å². The molecular weight excluding hydrogens is 318 g/mol. The Morgan fingerprint density at radius 1 is 1.45 bits per heavy atom. The van der Waals surface area contributed by atoms with Crippen LogP contribution in [0.4, 0.5) is 0 Å². The molecular formula is C15H22BrN3O. The molecule has 0 aromatic heterocycles. The molecule has 2 rings (SSSR count). The van der Waals surface area contributed by atoms with Crippen molar-refractivity contribution in [2.24, 2.45) is 11.1 Å². The molecule has 1 aliphatic rings. The Morgan fingerprint density at radius 3 is 2.60 bits per heavy atom. The maximum atomic E-state index is 7.68. The Labute approximate surface area is 128 Å². The van der Waals surface area contributed by atoms with E-state index in [1.807, 2.05) is 6.07 Å². The van der Waals surface area contributed by atoms with Crippen molar-refractivity contribution >= 4 is 21.8 Å². The molecule has 1 aliphatic heterocycles. The number of ether oxygens (including phenoxy) is 1. The molecule has 0 saturated carbocycles. The maximum Gasteiger partial charge on any atom is 0.133 e. The van der Waals surface area contributed by atoms with Gasteiger partial charge in [-0.25, -0.2) is 0 Å². The average molecular weight is 340 g/mol. The average Bonchev–Trinajstić information content (AvgIpc) is 2.42. The topological polar surface area (TPSA) is 62.3 Å². The van der Waals surface area contributed by atoms with Gasteiger partial charge >= 0.3 is 0 Å². The molecule has 0 amide bonds. The molecule has 0 spiro atoms. The van der Waals surface area contributed by atoms with Crippen LogP contribution in [-0.2, 0) is 6.54 Å². The number of nitrogens with one attached hydrogen (secondary N) is 1. The first-order valence-corrected chi connectivity index (χ1v) is 7.63. The standard InChI is InChI=1S/C15H22BrN3O/c1-15(14(17)18)5-7-19(8-6-15)10-11-3-4-13(20-2)12(16)9-11/h3-4,9H,5-8,10H2,1-2H3,(H3,17,18). The van der Waals surface area contributed by atoms with Crippen molar-refractivity contribution in [1.82, 2.24) is 4.90 Å². The first-order valence-electron chi connectivity index (χ1n) is 6.84. The third-order valence-corrected chi connectivity index (χ3v) is 4.85. The number of likely N-dealkylation sites (tertiary alicyclic amines) is 1. The molecule has 1 aromatic carbocycles. The van der Waals surface area contributed by atoms with Crippen LogP contribution < -0.4 is 10.5 Å². The summed E-state index contributed by atoms with van der Waals surface area (Å²) in [6, 6.07) is 6.20. The largest absolute Gasteiger partial charge is 0.496 e. The van der Waals surface area contributed by atoms with E-state index in [2.05, 4.69) is 39.9 Å². The van der Waals surface area contributed by atoms with Crippen molar-refractivity contribution in [2.45, 2.75) is 26.3 Å². The fourth-order valence-electron chi connectivity index (χ4n) is 2.54. The van der Waals surface area contributed by atoms with Crippen molar-refractivity contribution in [1.29, 1.82) is 5.41 Å². The fraction of sp³-hybridized carbons (Fsp3) is 0.533. The quantitative estimate of drug-likeness (QED) is 0.654. The molecule has 0 radical (unpaired) electrons. The predicted octanol–water partition coefficient (Wildman–Crippen LogP) is 3.00. The summed E-state index contributed by atoms with van der Waals surface area (Å²) in [7, 11) is 1.67. The predicted molar refractivity (Wildman–Crippen MR) is 85.2 cm³/mol. The normalized spacial score (nSPS) is 18.8. The Morgan fingerprint density at radius 2 is 2.10 bits per heavy atom. The molecule has 4 nitrogen and oxygen atoms in total. The number of amidine groups is 1. The van der Waals surface area contributed by atoms with Gasteiger partial charge in [0.05, 0.1) is 17.4 Å². The minimum absolute atomic E-state index is 0.114. The van der Waals surface area contributed by atoms with Crippen molar-refractivity contribution < 1.29 is 4.74 Å². The van der Waals surface area contributed by atoms with Crippen molar-refractivity contribution in [3.8, 4) is 5.75 Å². The van der Waals surface area contributed by atoms with Gasteiger partial charge in [-0.2, -0.15) is 0 Å². The second-order valence-electron chi connectivity index (χ2n) is 5.72. The van der Waals surface area contributed by atoms with Crippen LogP contribution in [0.5, 0.6) is 5.75 Å². The monoisotopic (exact) mass is 339 g/mol. The summed E-state index contributed by atoms with van der Waals surface area (Å²) in [6.45, 7) is 4.99. The molecule has 1 aromatic rings. The third-order valence-electron chi connectivity index (χ3n) is 4.23. The van der Waals surface area contributed by atoms with Crippen LogP contribution in [0, 0.1) is 10.8 Å². The SMILES string of the molecule is COc1ccc(CN2CCC(C)(C(=N)N)CC2)cc1Br. The number of methoxy groups -OCH3 is 1. The summed E-state index contributed by atoms with van der Waals surface area (Å²) in [5, 5.41) is 7.68. The van der Waals surface area contributed by atoms with Crippen LogP contribution in [0.15, 0.2) is 22.7 Å². The lowest BCUT2D eigenvalue weighted by Gasteiger charge is -2.38. The Balaban J connectivity index is 1.96. The van der Waals surface area contributed by atoms with E-state index in [0.717, 1.165) is 42.7 Å². The lowest BCUT2D eigenvalue weighted by Crippen LogP contribution is -2.44. The number of benzene rings is 1. The number of nitrogens with two attached hydrogens (primary N) is 1. The van der Waals surface area contributed by atoms with Gasteiger partial charge in [0, 0.05) is 12.0 Å².